The molecule has 0 aliphatic carbocycles. The average molecular weight is 436 g/mol. The number of nitrogens with one attached hydrogen (secondary N) is 1. The van der Waals surface area contributed by atoms with Crippen molar-refractivity contribution in [3.05, 3.63) is 63.9 Å². The number of fused-ring (bicyclic) bond motifs is 3. The van der Waals surface area contributed by atoms with Crippen LogP contribution in [0, 0.1) is 13.8 Å². The second kappa shape index (κ2) is 8.93. The van der Waals surface area contributed by atoms with Crippen LogP contribution in [0.2, 0.25) is 0 Å². The fourth-order valence-corrected chi connectivity index (χ4v) is 4.40. The van der Waals surface area contributed by atoms with Crippen LogP contribution in [0.25, 0.3) is 22.4 Å². The van der Waals surface area contributed by atoms with E-state index in [0.717, 1.165) is 35.2 Å². The Hall–Kier alpha value is -3.13. The number of aromatic nitrogens is 4. The third kappa shape index (κ3) is 4.07. The van der Waals surface area contributed by atoms with E-state index in [9.17, 15) is 9.59 Å². The number of para-hydroxylation sites is 1. The highest BCUT2D eigenvalue weighted by atomic mass is 32.2. The van der Waals surface area contributed by atoms with Crippen molar-refractivity contribution < 1.29 is 4.79 Å². The molecule has 1 amide bonds. The summed E-state index contributed by atoms with van der Waals surface area (Å²) < 4.78 is 3.47. The van der Waals surface area contributed by atoms with Gasteiger partial charge >= 0.3 is 0 Å². The highest BCUT2D eigenvalue weighted by Gasteiger charge is 2.19. The molecular formula is C23H25N5O2S. The quantitative estimate of drug-likeness (QED) is 0.354. The fraction of sp³-hybridized carbons (Fsp3) is 0.304. The lowest BCUT2D eigenvalue weighted by molar-refractivity contribution is -0.118. The van der Waals surface area contributed by atoms with Crippen molar-refractivity contribution in [3.8, 4) is 5.69 Å². The summed E-state index contributed by atoms with van der Waals surface area (Å²) in [5.41, 5.74) is 3.45. The molecular weight excluding hydrogens is 410 g/mol. The molecule has 0 unspecified atom stereocenters. The molecule has 2 heterocycles. The summed E-state index contributed by atoms with van der Waals surface area (Å²) in [5.74, 6) is 0.633. The maximum atomic E-state index is 13.4. The predicted octanol–water partition coefficient (Wildman–Crippen LogP) is 3.66. The molecule has 0 radical (unpaired) electrons. The Balaban J connectivity index is 1.84. The van der Waals surface area contributed by atoms with E-state index in [4.69, 9.17) is 0 Å². The molecule has 0 spiro atoms. The average Bonchev–Trinajstić information content (AvgIpc) is 3.18. The summed E-state index contributed by atoms with van der Waals surface area (Å²) in [6, 6.07) is 13.4. The number of carbonyl (C=O) groups excluding carboxylic acids is 1. The zero-order chi connectivity index (χ0) is 22.0. The Morgan fingerprint density at radius 2 is 1.94 bits per heavy atom. The number of amides is 1. The normalized spacial score (nSPS) is 11.3. The minimum atomic E-state index is -0.142. The van der Waals surface area contributed by atoms with Gasteiger partial charge in [-0.05, 0) is 44.0 Å². The van der Waals surface area contributed by atoms with E-state index >= 15 is 0 Å². The molecule has 8 heteroatoms. The van der Waals surface area contributed by atoms with E-state index in [1.165, 1.54) is 11.8 Å². The summed E-state index contributed by atoms with van der Waals surface area (Å²) in [4.78, 5) is 25.6. The van der Waals surface area contributed by atoms with Crippen molar-refractivity contribution in [2.75, 3.05) is 12.3 Å². The molecule has 0 aliphatic rings. The molecule has 1 N–H and O–H groups in total. The van der Waals surface area contributed by atoms with Crippen LogP contribution in [-0.2, 0) is 4.79 Å². The van der Waals surface area contributed by atoms with Crippen LogP contribution in [0.3, 0.4) is 0 Å². The first-order valence-electron chi connectivity index (χ1n) is 10.4. The molecule has 2 aromatic carbocycles. The molecule has 0 atom stereocenters. The molecule has 0 saturated carbocycles. The Labute approximate surface area is 184 Å². The first-order chi connectivity index (χ1) is 15.0. The lowest BCUT2D eigenvalue weighted by Gasteiger charge is -2.13. The molecule has 160 valence electrons. The van der Waals surface area contributed by atoms with E-state index in [0.29, 0.717) is 22.9 Å². The maximum absolute atomic E-state index is 13.4. The minimum absolute atomic E-state index is 0.0396. The van der Waals surface area contributed by atoms with Crippen LogP contribution < -0.4 is 10.9 Å². The van der Waals surface area contributed by atoms with Gasteiger partial charge in [-0.3, -0.25) is 14.0 Å². The van der Waals surface area contributed by atoms with Gasteiger partial charge in [0.2, 0.25) is 11.7 Å². The van der Waals surface area contributed by atoms with Gasteiger partial charge in [-0.15, -0.1) is 10.2 Å². The number of carbonyl (C=O) groups is 1. The fourth-order valence-electron chi connectivity index (χ4n) is 3.63. The van der Waals surface area contributed by atoms with Crippen molar-refractivity contribution in [1.82, 2.24) is 24.5 Å². The van der Waals surface area contributed by atoms with E-state index in [-0.39, 0.29) is 17.2 Å². The molecule has 2 aromatic heterocycles. The SMILES string of the molecule is CCCCNC(=O)CSc1nnc2n(-c3ccc(C)cc3C)c(=O)c3ccccc3n12. The Morgan fingerprint density at radius 3 is 2.71 bits per heavy atom. The second-order valence-electron chi connectivity index (χ2n) is 7.56. The van der Waals surface area contributed by atoms with Gasteiger partial charge in [-0.2, -0.15) is 0 Å². The smallest absolute Gasteiger partial charge is 0.267 e. The molecule has 7 nitrogen and oxygen atoms in total. The zero-order valence-electron chi connectivity index (χ0n) is 17.9. The van der Waals surface area contributed by atoms with Gasteiger partial charge in [0.1, 0.15) is 0 Å². The Kier molecular flexibility index (Phi) is 6.08. The number of hydrogen-bond acceptors (Lipinski definition) is 5. The molecule has 31 heavy (non-hydrogen) atoms. The highest BCUT2D eigenvalue weighted by molar-refractivity contribution is 7.99. The molecule has 0 aliphatic heterocycles. The van der Waals surface area contributed by atoms with E-state index in [1.807, 2.05) is 60.7 Å². The van der Waals surface area contributed by atoms with Crippen LogP contribution in [0.4, 0.5) is 0 Å². The number of aryl methyl sites for hydroxylation is 2. The topological polar surface area (TPSA) is 81.3 Å². The zero-order valence-corrected chi connectivity index (χ0v) is 18.7. The van der Waals surface area contributed by atoms with Crippen molar-refractivity contribution in [2.24, 2.45) is 0 Å². The number of benzene rings is 2. The number of hydrogen-bond donors (Lipinski definition) is 1. The lowest BCUT2D eigenvalue weighted by atomic mass is 10.1. The number of rotatable bonds is 7. The van der Waals surface area contributed by atoms with Gasteiger partial charge in [-0.1, -0.05) is 54.9 Å². The number of nitrogens with zero attached hydrogens (tertiary/aromatic N) is 4. The maximum Gasteiger partial charge on any atom is 0.267 e. The summed E-state index contributed by atoms with van der Waals surface area (Å²) >= 11 is 1.32. The van der Waals surface area contributed by atoms with Crippen molar-refractivity contribution in [3.63, 3.8) is 0 Å². The van der Waals surface area contributed by atoms with Crippen LogP contribution in [0.15, 0.2) is 52.4 Å². The summed E-state index contributed by atoms with van der Waals surface area (Å²) in [5, 5.41) is 12.7. The molecule has 4 rings (SSSR count). The van der Waals surface area contributed by atoms with Crippen LogP contribution in [0.5, 0.6) is 0 Å². The van der Waals surface area contributed by atoms with E-state index < -0.39 is 0 Å². The minimum Gasteiger partial charge on any atom is -0.355 e. The number of thioether (sulfide) groups is 1. The summed E-state index contributed by atoms with van der Waals surface area (Å²) in [7, 11) is 0. The highest BCUT2D eigenvalue weighted by Crippen LogP contribution is 2.24. The third-order valence-electron chi connectivity index (χ3n) is 5.17. The van der Waals surface area contributed by atoms with Crippen LogP contribution >= 0.6 is 11.8 Å². The van der Waals surface area contributed by atoms with Crippen LogP contribution in [0.1, 0.15) is 30.9 Å². The predicted molar refractivity (Wildman–Crippen MR) is 124 cm³/mol. The van der Waals surface area contributed by atoms with Crippen molar-refractivity contribution in [2.45, 2.75) is 38.8 Å². The summed E-state index contributed by atoms with van der Waals surface area (Å²) in [6.45, 7) is 6.76. The molecule has 0 bridgehead atoms. The Morgan fingerprint density at radius 1 is 1.13 bits per heavy atom. The van der Waals surface area contributed by atoms with E-state index in [1.54, 1.807) is 4.57 Å². The standard InChI is InChI=1S/C23H25N5O2S/c1-4-5-12-24-20(29)14-31-23-26-25-22-27(18-11-10-15(2)13-16(18)3)21(30)17-8-6-7-9-19(17)28(22)23/h6-11,13H,4-5,12,14H2,1-3H3,(H,24,29). The van der Waals surface area contributed by atoms with Crippen molar-refractivity contribution in [1.29, 1.82) is 0 Å². The summed E-state index contributed by atoms with van der Waals surface area (Å²) in [6.07, 6.45) is 1.99. The van der Waals surface area contributed by atoms with Gasteiger partial charge < -0.3 is 5.32 Å². The largest absolute Gasteiger partial charge is 0.355 e. The van der Waals surface area contributed by atoms with Gasteiger partial charge in [0.15, 0.2) is 5.16 Å². The van der Waals surface area contributed by atoms with Crippen molar-refractivity contribution >= 4 is 34.3 Å². The Bertz CT molecular complexity index is 1330. The van der Waals surface area contributed by atoms with Gasteiger partial charge in [-0.25, -0.2) is 4.57 Å². The number of unbranched alkanes of at least 4 members (excludes halogenated alkanes) is 1. The first kappa shape index (κ1) is 21.1. The lowest BCUT2D eigenvalue weighted by Crippen LogP contribution is -2.26. The van der Waals surface area contributed by atoms with Gasteiger partial charge in [0.25, 0.3) is 5.56 Å². The molecule has 0 fully saturated rings. The third-order valence-corrected chi connectivity index (χ3v) is 6.10. The molecule has 0 saturated heterocycles. The van der Waals surface area contributed by atoms with Crippen LogP contribution in [-0.4, -0.2) is 37.4 Å². The van der Waals surface area contributed by atoms with Gasteiger partial charge in [0.05, 0.1) is 22.3 Å². The molecule has 4 aromatic rings. The second-order valence-corrected chi connectivity index (χ2v) is 8.50. The first-order valence-corrected chi connectivity index (χ1v) is 11.4. The van der Waals surface area contributed by atoms with E-state index in [2.05, 4.69) is 22.4 Å². The monoisotopic (exact) mass is 435 g/mol. The van der Waals surface area contributed by atoms with Gasteiger partial charge in [0, 0.05) is 6.54 Å².